The van der Waals surface area contributed by atoms with Gasteiger partial charge >= 0.3 is 0 Å². The number of para-hydroxylation sites is 1. The van der Waals surface area contributed by atoms with E-state index < -0.39 is 5.79 Å². The number of ether oxygens (including phenoxy) is 2. The van der Waals surface area contributed by atoms with Gasteiger partial charge in [-0.25, -0.2) is 0 Å². The Morgan fingerprint density at radius 2 is 2.11 bits per heavy atom. The van der Waals surface area contributed by atoms with E-state index in [1.165, 1.54) is 6.07 Å². The Labute approximate surface area is 111 Å². The first kappa shape index (κ1) is 13.8. The minimum atomic E-state index is -0.579. The summed E-state index contributed by atoms with van der Waals surface area (Å²) in [5, 5.41) is 14.1. The molecular formula is C13H18N2O4. The fourth-order valence-corrected chi connectivity index (χ4v) is 2.15. The highest BCUT2D eigenvalue weighted by atomic mass is 16.7. The zero-order chi connectivity index (χ0) is 13.9. The highest BCUT2D eigenvalue weighted by Crippen LogP contribution is 2.28. The van der Waals surface area contributed by atoms with E-state index in [0.717, 1.165) is 5.56 Å². The maximum Gasteiger partial charge on any atom is 0.292 e. The van der Waals surface area contributed by atoms with Gasteiger partial charge in [0.25, 0.3) is 5.69 Å². The summed E-state index contributed by atoms with van der Waals surface area (Å²) in [6.45, 7) is 5.48. The Balaban J connectivity index is 2.01. The third-order valence-electron chi connectivity index (χ3n) is 3.23. The standard InChI is InChI=1S/C13H18N2O4/c1-10-4-3-5-11(15(16)17)12(10)14-7-6-13(2)18-8-9-19-13/h3-5,14H,6-9H2,1-2H3. The van der Waals surface area contributed by atoms with Gasteiger partial charge in [-0.3, -0.25) is 10.1 Å². The summed E-state index contributed by atoms with van der Waals surface area (Å²) in [5.74, 6) is -0.579. The van der Waals surface area contributed by atoms with E-state index in [9.17, 15) is 10.1 Å². The van der Waals surface area contributed by atoms with Crippen LogP contribution >= 0.6 is 0 Å². The largest absolute Gasteiger partial charge is 0.379 e. The Hall–Kier alpha value is -1.66. The van der Waals surface area contributed by atoms with Crippen LogP contribution in [0.25, 0.3) is 0 Å². The molecule has 19 heavy (non-hydrogen) atoms. The molecule has 0 aliphatic carbocycles. The van der Waals surface area contributed by atoms with Crippen molar-refractivity contribution in [3.63, 3.8) is 0 Å². The lowest BCUT2D eigenvalue weighted by Crippen LogP contribution is -2.28. The maximum absolute atomic E-state index is 11.0. The zero-order valence-electron chi connectivity index (χ0n) is 11.1. The smallest absolute Gasteiger partial charge is 0.292 e. The van der Waals surface area contributed by atoms with E-state index in [0.29, 0.717) is 31.9 Å². The molecule has 1 N–H and O–H groups in total. The second-order valence-electron chi connectivity index (χ2n) is 4.73. The number of hydrogen-bond acceptors (Lipinski definition) is 5. The summed E-state index contributed by atoms with van der Waals surface area (Å²) in [7, 11) is 0. The monoisotopic (exact) mass is 266 g/mol. The normalized spacial score (nSPS) is 17.4. The van der Waals surface area contributed by atoms with Crippen LogP contribution in [0.5, 0.6) is 0 Å². The summed E-state index contributed by atoms with van der Waals surface area (Å²) >= 11 is 0. The Kier molecular flexibility index (Phi) is 4.01. The van der Waals surface area contributed by atoms with Gasteiger partial charge in [0.15, 0.2) is 5.79 Å². The Bertz CT molecular complexity index is 470. The molecule has 104 valence electrons. The molecule has 6 heteroatoms. The molecule has 1 fully saturated rings. The molecule has 0 saturated carbocycles. The van der Waals surface area contributed by atoms with Gasteiger partial charge < -0.3 is 14.8 Å². The van der Waals surface area contributed by atoms with Crippen LogP contribution in [0.15, 0.2) is 18.2 Å². The number of benzene rings is 1. The quantitative estimate of drug-likeness (QED) is 0.654. The van der Waals surface area contributed by atoms with Crippen LogP contribution < -0.4 is 5.32 Å². The topological polar surface area (TPSA) is 73.6 Å². The van der Waals surface area contributed by atoms with E-state index in [-0.39, 0.29) is 10.6 Å². The third kappa shape index (κ3) is 3.21. The molecule has 0 unspecified atom stereocenters. The van der Waals surface area contributed by atoms with E-state index in [2.05, 4.69) is 5.32 Å². The van der Waals surface area contributed by atoms with Crippen molar-refractivity contribution in [1.82, 2.24) is 0 Å². The van der Waals surface area contributed by atoms with Crippen molar-refractivity contribution < 1.29 is 14.4 Å². The van der Waals surface area contributed by atoms with E-state index in [1.54, 1.807) is 6.07 Å². The van der Waals surface area contributed by atoms with Gasteiger partial charge in [-0.1, -0.05) is 12.1 Å². The SMILES string of the molecule is Cc1cccc([N+](=O)[O-])c1NCCC1(C)OCCO1. The number of hydrogen-bond donors (Lipinski definition) is 1. The van der Waals surface area contributed by atoms with Gasteiger partial charge in [0.1, 0.15) is 5.69 Å². The first-order valence-corrected chi connectivity index (χ1v) is 6.28. The van der Waals surface area contributed by atoms with Crippen molar-refractivity contribution in [2.45, 2.75) is 26.1 Å². The number of nitrogens with one attached hydrogen (secondary N) is 1. The second kappa shape index (κ2) is 5.54. The van der Waals surface area contributed by atoms with E-state index >= 15 is 0 Å². The summed E-state index contributed by atoms with van der Waals surface area (Å²) in [5.41, 5.74) is 1.51. The fourth-order valence-electron chi connectivity index (χ4n) is 2.15. The van der Waals surface area contributed by atoms with Crippen LogP contribution in [0.1, 0.15) is 18.9 Å². The predicted octanol–water partition coefficient (Wildman–Crippen LogP) is 2.47. The molecule has 0 radical (unpaired) electrons. The average molecular weight is 266 g/mol. The van der Waals surface area contributed by atoms with Crippen molar-refractivity contribution in [2.24, 2.45) is 0 Å². The first-order chi connectivity index (χ1) is 9.02. The highest BCUT2D eigenvalue weighted by Gasteiger charge is 2.30. The van der Waals surface area contributed by atoms with Gasteiger partial charge in [-0.15, -0.1) is 0 Å². The molecular weight excluding hydrogens is 248 g/mol. The minimum absolute atomic E-state index is 0.0958. The van der Waals surface area contributed by atoms with Crippen LogP contribution in [-0.4, -0.2) is 30.5 Å². The molecule has 0 bridgehead atoms. The van der Waals surface area contributed by atoms with Crippen molar-refractivity contribution in [3.05, 3.63) is 33.9 Å². The van der Waals surface area contributed by atoms with Gasteiger partial charge in [0.05, 0.1) is 18.1 Å². The third-order valence-corrected chi connectivity index (χ3v) is 3.23. The minimum Gasteiger partial charge on any atom is -0.379 e. The van der Waals surface area contributed by atoms with Gasteiger partial charge in [0.2, 0.25) is 0 Å². The van der Waals surface area contributed by atoms with Crippen LogP contribution in [0.4, 0.5) is 11.4 Å². The summed E-state index contributed by atoms with van der Waals surface area (Å²) < 4.78 is 11.0. The van der Waals surface area contributed by atoms with Crippen LogP contribution in [-0.2, 0) is 9.47 Å². The molecule has 1 saturated heterocycles. The number of anilines is 1. The Morgan fingerprint density at radius 3 is 2.74 bits per heavy atom. The molecule has 0 aromatic heterocycles. The lowest BCUT2D eigenvalue weighted by molar-refractivity contribution is -0.384. The maximum atomic E-state index is 11.0. The van der Waals surface area contributed by atoms with Gasteiger partial charge in [0, 0.05) is 19.0 Å². The molecule has 1 heterocycles. The first-order valence-electron chi connectivity index (χ1n) is 6.28. The lowest BCUT2D eigenvalue weighted by atomic mass is 10.1. The van der Waals surface area contributed by atoms with Crippen molar-refractivity contribution in [2.75, 3.05) is 25.1 Å². The summed E-state index contributed by atoms with van der Waals surface area (Å²) in [6, 6.07) is 5.03. The average Bonchev–Trinajstić information content (AvgIpc) is 2.78. The van der Waals surface area contributed by atoms with Crippen molar-refractivity contribution >= 4 is 11.4 Å². The molecule has 0 amide bonds. The number of nitro groups is 1. The number of nitrogens with zero attached hydrogens (tertiary/aromatic N) is 1. The summed E-state index contributed by atoms with van der Waals surface area (Å²) in [6.07, 6.45) is 0.637. The molecule has 1 aromatic rings. The lowest BCUT2D eigenvalue weighted by Gasteiger charge is -2.22. The Morgan fingerprint density at radius 1 is 1.42 bits per heavy atom. The molecule has 0 spiro atoms. The van der Waals surface area contributed by atoms with E-state index in [4.69, 9.17) is 9.47 Å². The molecule has 0 atom stereocenters. The summed E-state index contributed by atoms with van der Waals surface area (Å²) in [4.78, 5) is 10.6. The fraction of sp³-hybridized carbons (Fsp3) is 0.538. The van der Waals surface area contributed by atoms with Gasteiger partial charge in [-0.2, -0.15) is 0 Å². The zero-order valence-corrected chi connectivity index (χ0v) is 11.1. The number of rotatable bonds is 5. The molecule has 6 nitrogen and oxygen atoms in total. The van der Waals surface area contributed by atoms with Gasteiger partial charge in [-0.05, 0) is 19.4 Å². The second-order valence-corrected chi connectivity index (χ2v) is 4.73. The van der Waals surface area contributed by atoms with Crippen LogP contribution in [0.2, 0.25) is 0 Å². The van der Waals surface area contributed by atoms with Crippen LogP contribution in [0, 0.1) is 17.0 Å². The van der Waals surface area contributed by atoms with Crippen LogP contribution in [0.3, 0.4) is 0 Å². The van der Waals surface area contributed by atoms with E-state index in [1.807, 2.05) is 19.9 Å². The highest BCUT2D eigenvalue weighted by molar-refractivity contribution is 5.65. The van der Waals surface area contributed by atoms with Crippen molar-refractivity contribution in [1.29, 1.82) is 0 Å². The van der Waals surface area contributed by atoms with Crippen molar-refractivity contribution in [3.8, 4) is 0 Å². The number of aryl methyl sites for hydroxylation is 1. The molecule has 1 aliphatic heterocycles. The predicted molar refractivity (Wildman–Crippen MR) is 71.2 cm³/mol. The molecule has 1 aromatic carbocycles. The molecule has 2 rings (SSSR count). The number of nitro benzene ring substituents is 1. The molecule has 1 aliphatic rings.